The van der Waals surface area contributed by atoms with Crippen molar-refractivity contribution in [3.63, 3.8) is 0 Å². The number of hydrogen-bond donors (Lipinski definition) is 1. The van der Waals surface area contributed by atoms with Gasteiger partial charge in [0.2, 0.25) is 0 Å². The first-order valence-electron chi connectivity index (χ1n) is 11.4. The van der Waals surface area contributed by atoms with E-state index in [0.29, 0.717) is 6.61 Å². The molecule has 0 aliphatic heterocycles. The van der Waals surface area contributed by atoms with Crippen LogP contribution in [0.25, 0.3) is 0 Å². The zero-order chi connectivity index (χ0) is 20.9. The topological polar surface area (TPSA) is 47.0 Å². The summed E-state index contributed by atoms with van der Waals surface area (Å²) in [5.74, 6) is 1.93. The Hall–Kier alpha value is -2.10. The fraction of sp³-hybridized carbons (Fsp3) is 0.600. The Morgan fingerprint density at radius 2 is 1.69 bits per heavy atom. The summed E-state index contributed by atoms with van der Waals surface area (Å²) in [6.07, 6.45) is 12.8. The molecule has 0 spiro atoms. The van der Waals surface area contributed by atoms with E-state index in [1.807, 2.05) is 0 Å². The summed E-state index contributed by atoms with van der Waals surface area (Å²) in [5, 5.41) is 3.43. The van der Waals surface area contributed by atoms with Crippen molar-refractivity contribution in [1.29, 1.82) is 0 Å². The largest absolute Gasteiger partial charge is 0.491 e. The van der Waals surface area contributed by atoms with E-state index in [-0.39, 0.29) is 0 Å². The minimum absolute atomic E-state index is 0.619. The van der Waals surface area contributed by atoms with Crippen LogP contribution in [-0.4, -0.2) is 23.1 Å². The fourth-order valence-corrected chi connectivity index (χ4v) is 3.60. The van der Waals surface area contributed by atoms with E-state index in [1.54, 1.807) is 6.33 Å². The molecule has 0 saturated carbocycles. The van der Waals surface area contributed by atoms with Gasteiger partial charge in [-0.05, 0) is 56.7 Å². The molecule has 0 aliphatic rings. The molecule has 0 amide bonds. The van der Waals surface area contributed by atoms with Gasteiger partial charge in [-0.3, -0.25) is 0 Å². The molecule has 2 aromatic rings. The highest BCUT2D eigenvalue weighted by Gasteiger charge is 2.08. The van der Waals surface area contributed by atoms with Crippen molar-refractivity contribution in [3.8, 4) is 5.75 Å². The molecule has 2 rings (SSSR count). The molecule has 0 fully saturated rings. The number of nitrogens with one attached hydrogen (secondary N) is 1. The van der Waals surface area contributed by atoms with Gasteiger partial charge in [0.15, 0.2) is 0 Å². The van der Waals surface area contributed by atoms with E-state index in [0.717, 1.165) is 36.6 Å². The molecule has 1 aromatic heterocycles. The highest BCUT2D eigenvalue weighted by molar-refractivity contribution is 5.45. The van der Waals surface area contributed by atoms with Crippen molar-refractivity contribution in [2.24, 2.45) is 0 Å². The van der Waals surface area contributed by atoms with Gasteiger partial charge in [0.1, 0.15) is 24.5 Å². The predicted octanol–water partition coefficient (Wildman–Crippen LogP) is 6.44. The maximum atomic E-state index is 6.02. The maximum Gasteiger partial charge on any atom is 0.132 e. The van der Waals surface area contributed by atoms with Crippen LogP contribution in [0.4, 0.5) is 5.82 Å². The maximum absolute atomic E-state index is 6.02. The van der Waals surface area contributed by atoms with Crippen LogP contribution in [0.2, 0.25) is 0 Å². The van der Waals surface area contributed by atoms with Gasteiger partial charge in [-0.2, -0.15) is 0 Å². The van der Waals surface area contributed by atoms with Crippen LogP contribution in [0.15, 0.2) is 24.5 Å². The third-order valence-corrected chi connectivity index (χ3v) is 5.40. The summed E-state index contributed by atoms with van der Waals surface area (Å²) < 4.78 is 6.02. The van der Waals surface area contributed by atoms with Gasteiger partial charge in [-0.25, -0.2) is 9.97 Å². The SMILES string of the molecule is CCCCCCCc1ccc(OCCNc2ncnc(C)c2CCCC)c(C)c1. The molecular formula is C25H39N3O. The minimum atomic E-state index is 0.619. The Kier molecular flexibility index (Phi) is 10.5. The van der Waals surface area contributed by atoms with Gasteiger partial charge in [0.25, 0.3) is 0 Å². The minimum Gasteiger partial charge on any atom is -0.491 e. The average molecular weight is 398 g/mol. The first-order valence-corrected chi connectivity index (χ1v) is 11.4. The van der Waals surface area contributed by atoms with E-state index in [1.165, 1.54) is 61.6 Å². The molecule has 0 unspecified atom stereocenters. The quantitative estimate of drug-likeness (QED) is 0.373. The molecule has 0 atom stereocenters. The highest BCUT2D eigenvalue weighted by atomic mass is 16.5. The number of unbranched alkanes of at least 4 members (excludes halogenated alkanes) is 5. The van der Waals surface area contributed by atoms with Crippen molar-refractivity contribution >= 4 is 5.82 Å². The Morgan fingerprint density at radius 3 is 2.45 bits per heavy atom. The summed E-state index contributed by atoms with van der Waals surface area (Å²) in [4.78, 5) is 8.78. The second kappa shape index (κ2) is 13.2. The standard InChI is InChI=1S/C25H39N3O/c1-5-7-9-10-11-12-22-14-15-24(20(3)18-22)29-17-16-26-25-23(13-8-6-2)21(4)27-19-28-25/h14-15,18-19H,5-13,16-17H2,1-4H3,(H,26,27,28). The first-order chi connectivity index (χ1) is 14.2. The normalized spacial score (nSPS) is 10.9. The molecule has 0 saturated heterocycles. The number of nitrogens with zero attached hydrogens (tertiary/aromatic N) is 2. The lowest BCUT2D eigenvalue weighted by atomic mass is 10.0. The molecule has 1 N–H and O–H groups in total. The molecule has 4 nitrogen and oxygen atoms in total. The lowest BCUT2D eigenvalue weighted by Crippen LogP contribution is -2.15. The summed E-state index contributed by atoms with van der Waals surface area (Å²) in [6, 6.07) is 6.61. The number of rotatable bonds is 14. The Morgan fingerprint density at radius 1 is 0.897 bits per heavy atom. The van der Waals surface area contributed by atoms with Gasteiger partial charge >= 0.3 is 0 Å². The average Bonchev–Trinajstić information content (AvgIpc) is 2.71. The number of ether oxygens (including phenoxy) is 1. The van der Waals surface area contributed by atoms with Gasteiger partial charge in [0, 0.05) is 11.3 Å². The lowest BCUT2D eigenvalue weighted by Gasteiger charge is -2.14. The van der Waals surface area contributed by atoms with Crippen LogP contribution < -0.4 is 10.1 Å². The first kappa shape index (κ1) is 23.2. The van der Waals surface area contributed by atoms with Crippen LogP contribution in [0.3, 0.4) is 0 Å². The summed E-state index contributed by atoms with van der Waals surface area (Å²) in [6.45, 7) is 10.0. The third-order valence-electron chi connectivity index (χ3n) is 5.40. The number of benzene rings is 1. The fourth-order valence-electron chi connectivity index (χ4n) is 3.60. The van der Waals surface area contributed by atoms with E-state index in [9.17, 15) is 0 Å². The third kappa shape index (κ3) is 8.04. The van der Waals surface area contributed by atoms with Crippen molar-refractivity contribution in [3.05, 3.63) is 46.9 Å². The van der Waals surface area contributed by atoms with Gasteiger partial charge in [-0.1, -0.05) is 58.1 Å². The van der Waals surface area contributed by atoms with Crippen LogP contribution in [0.5, 0.6) is 5.75 Å². The summed E-state index contributed by atoms with van der Waals surface area (Å²) >= 11 is 0. The molecule has 29 heavy (non-hydrogen) atoms. The molecule has 1 heterocycles. The van der Waals surface area contributed by atoms with Crippen LogP contribution in [0, 0.1) is 13.8 Å². The Balaban J connectivity index is 1.78. The molecular weight excluding hydrogens is 358 g/mol. The molecule has 0 bridgehead atoms. The van der Waals surface area contributed by atoms with E-state index < -0.39 is 0 Å². The van der Waals surface area contributed by atoms with Crippen molar-refractivity contribution in [1.82, 2.24) is 9.97 Å². The second-order valence-electron chi connectivity index (χ2n) is 7.93. The zero-order valence-electron chi connectivity index (χ0n) is 18.9. The van der Waals surface area contributed by atoms with Crippen LogP contribution in [0.1, 0.15) is 81.2 Å². The van der Waals surface area contributed by atoms with Crippen LogP contribution >= 0.6 is 0 Å². The van der Waals surface area contributed by atoms with E-state index in [4.69, 9.17) is 4.74 Å². The van der Waals surface area contributed by atoms with Crippen molar-refractivity contribution in [2.45, 2.75) is 85.5 Å². The van der Waals surface area contributed by atoms with E-state index >= 15 is 0 Å². The summed E-state index contributed by atoms with van der Waals surface area (Å²) in [7, 11) is 0. The van der Waals surface area contributed by atoms with Gasteiger partial charge in [-0.15, -0.1) is 0 Å². The van der Waals surface area contributed by atoms with Crippen molar-refractivity contribution < 1.29 is 4.74 Å². The smallest absolute Gasteiger partial charge is 0.132 e. The predicted molar refractivity (Wildman–Crippen MR) is 123 cm³/mol. The number of aryl methyl sites for hydroxylation is 3. The Labute approximate surface area is 177 Å². The zero-order valence-corrected chi connectivity index (χ0v) is 18.9. The monoisotopic (exact) mass is 397 g/mol. The summed E-state index contributed by atoms with van der Waals surface area (Å²) in [5.41, 5.74) is 4.94. The van der Waals surface area contributed by atoms with Crippen molar-refractivity contribution in [2.75, 3.05) is 18.5 Å². The molecule has 4 heteroatoms. The van der Waals surface area contributed by atoms with Gasteiger partial charge < -0.3 is 10.1 Å². The Bertz CT molecular complexity index is 730. The molecule has 0 aliphatic carbocycles. The van der Waals surface area contributed by atoms with Crippen LogP contribution in [-0.2, 0) is 12.8 Å². The number of aromatic nitrogens is 2. The van der Waals surface area contributed by atoms with E-state index in [2.05, 4.69) is 61.2 Å². The lowest BCUT2D eigenvalue weighted by molar-refractivity contribution is 0.330. The number of anilines is 1. The number of hydrogen-bond acceptors (Lipinski definition) is 4. The molecule has 1 aromatic carbocycles. The second-order valence-corrected chi connectivity index (χ2v) is 7.93. The van der Waals surface area contributed by atoms with Gasteiger partial charge in [0.05, 0.1) is 6.54 Å². The highest BCUT2D eigenvalue weighted by Crippen LogP contribution is 2.21. The molecule has 160 valence electrons. The molecule has 0 radical (unpaired) electrons.